The molecule has 0 saturated heterocycles. The number of nitro groups is 1. The van der Waals surface area contributed by atoms with E-state index in [0.717, 1.165) is 10.8 Å². The van der Waals surface area contributed by atoms with E-state index >= 15 is 0 Å². The van der Waals surface area contributed by atoms with Gasteiger partial charge in [-0.1, -0.05) is 41.9 Å². The number of nitrogens with zero attached hydrogens (tertiary/aromatic N) is 2. The van der Waals surface area contributed by atoms with Crippen molar-refractivity contribution in [2.45, 2.75) is 13.0 Å². The Morgan fingerprint density at radius 3 is 2.68 bits per heavy atom. The van der Waals surface area contributed by atoms with Gasteiger partial charge >= 0.3 is 0 Å². The standard InChI is InChI=1S/C20H16ClN3O4/c1-13(28-18-8-6-14-4-2-3-5-15(14)11-18)20(25)23-22-12-16-10-17(24(26)27)7-9-19(16)21/h2-13H,1H3,(H,23,25)/b22-12-/t13-/m1/s1. The van der Waals surface area contributed by atoms with Crippen molar-refractivity contribution in [1.29, 1.82) is 0 Å². The highest BCUT2D eigenvalue weighted by atomic mass is 35.5. The van der Waals surface area contributed by atoms with Crippen LogP contribution in [0.15, 0.2) is 65.8 Å². The number of fused-ring (bicyclic) bond motifs is 1. The van der Waals surface area contributed by atoms with Crippen molar-refractivity contribution in [3.63, 3.8) is 0 Å². The van der Waals surface area contributed by atoms with E-state index in [2.05, 4.69) is 10.5 Å². The lowest BCUT2D eigenvalue weighted by molar-refractivity contribution is -0.384. The highest BCUT2D eigenvalue weighted by molar-refractivity contribution is 6.33. The number of nitrogens with one attached hydrogen (secondary N) is 1. The largest absolute Gasteiger partial charge is 0.481 e. The maximum atomic E-state index is 12.2. The molecule has 0 unspecified atom stereocenters. The van der Waals surface area contributed by atoms with Crippen LogP contribution in [0.5, 0.6) is 5.75 Å². The molecule has 0 aromatic heterocycles. The zero-order valence-corrected chi connectivity index (χ0v) is 15.6. The summed E-state index contributed by atoms with van der Waals surface area (Å²) in [5, 5.41) is 17.0. The molecule has 0 fully saturated rings. The lowest BCUT2D eigenvalue weighted by atomic mass is 10.1. The first-order chi connectivity index (χ1) is 13.4. The van der Waals surface area contributed by atoms with Gasteiger partial charge in [-0.25, -0.2) is 5.43 Å². The minimum atomic E-state index is -0.793. The molecule has 0 spiro atoms. The van der Waals surface area contributed by atoms with Crippen LogP contribution in [0.25, 0.3) is 10.8 Å². The Balaban J connectivity index is 1.63. The number of ether oxygens (including phenoxy) is 1. The monoisotopic (exact) mass is 397 g/mol. The highest BCUT2D eigenvalue weighted by Gasteiger charge is 2.14. The van der Waals surface area contributed by atoms with Crippen LogP contribution >= 0.6 is 11.6 Å². The average Bonchev–Trinajstić information content (AvgIpc) is 2.69. The van der Waals surface area contributed by atoms with Gasteiger partial charge in [-0.3, -0.25) is 14.9 Å². The van der Waals surface area contributed by atoms with Crippen molar-refractivity contribution in [3.05, 3.63) is 81.4 Å². The minimum absolute atomic E-state index is 0.120. The van der Waals surface area contributed by atoms with Gasteiger partial charge in [-0.05, 0) is 35.9 Å². The van der Waals surface area contributed by atoms with Crippen LogP contribution in [-0.4, -0.2) is 23.1 Å². The van der Waals surface area contributed by atoms with Crippen molar-refractivity contribution in [2.24, 2.45) is 5.10 Å². The number of nitro benzene ring substituents is 1. The molecule has 0 aliphatic rings. The number of hydrogen-bond acceptors (Lipinski definition) is 5. The molecule has 3 rings (SSSR count). The number of rotatable bonds is 6. The zero-order valence-electron chi connectivity index (χ0n) is 14.8. The van der Waals surface area contributed by atoms with Crippen LogP contribution in [0.3, 0.4) is 0 Å². The van der Waals surface area contributed by atoms with E-state index in [-0.39, 0.29) is 10.7 Å². The summed E-state index contributed by atoms with van der Waals surface area (Å²) in [4.78, 5) is 22.5. The molecule has 0 bridgehead atoms. The van der Waals surface area contributed by atoms with Gasteiger partial charge in [0.25, 0.3) is 11.6 Å². The second kappa shape index (κ2) is 8.49. The predicted octanol–water partition coefficient (Wildman–Crippen LogP) is 4.32. The lowest BCUT2D eigenvalue weighted by Gasteiger charge is -2.13. The van der Waals surface area contributed by atoms with Crippen molar-refractivity contribution in [1.82, 2.24) is 5.43 Å². The molecular weight excluding hydrogens is 382 g/mol. The predicted molar refractivity (Wildman–Crippen MR) is 108 cm³/mol. The Hall–Kier alpha value is -3.45. The molecule has 1 N–H and O–H groups in total. The van der Waals surface area contributed by atoms with Gasteiger partial charge in [0, 0.05) is 22.7 Å². The SMILES string of the molecule is C[C@@H](Oc1ccc2ccccc2c1)C(=O)N/N=C\c1cc([N+](=O)[O-])ccc1Cl. The number of non-ortho nitro benzene ring substituents is 1. The summed E-state index contributed by atoms with van der Waals surface area (Å²) < 4.78 is 5.66. The Morgan fingerprint density at radius 2 is 1.93 bits per heavy atom. The van der Waals surface area contributed by atoms with Crippen LogP contribution in [-0.2, 0) is 4.79 Å². The fourth-order valence-electron chi connectivity index (χ4n) is 2.50. The maximum Gasteiger partial charge on any atom is 0.280 e. The van der Waals surface area contributed by atoms with Gasteiger partial charge in [-0.15, -0.1) is 0 Å². The normalized spacial score (nSPS) is 12.1. The third kappa shape index (κ3) is 4.63. The van der Waals surface area contributed by atoms with E-state index < -0.39 is 16.9 Å². The molecule has 0 aliphatic carbocycles. The summed E-state index contributed by atoms with van der Waals surface area (Å²) in [6.07, 6.45) is 0.453. The number of benzene rings is 3. The van der Waals surface area contributed by atoms with E-state index in [4.69, 9.17) is 16.3 Å². The summed E-state index contributed by atoms with van der Waals surface area (Å²) in [5.74, 6) is 0.0954. The van der Waals surface area contributed by atoms with E-state index in [1.165, 1.54) is 24.4 Å². The van der Waals surface area contributed by atoms with Crippen molar-refractivity contribution in [2.75, 3.05) is 0 Å². The van der Waals surface area contributed by atoms with Gasteiger partial charge in [0.1, 0.15) is 5.75 Å². The van der Waals surface area contributed by atoms with E-state index in [9.17, 15) is 14.9 Å². The number of carbonyl (C=O) groups is 1. The van der Waals surface area contributed by atoms with Crippen LogP contribution in [0.2, 0.25) is 5.02 Å². The molecule has 0 saturated carbocycles. The fraction of sp³-hybridized carbons (Fsp3) is 0.100. The van der Waals surface area contributed by atoms with E-state index in [1.807, 2.05) is 36.4 Å². The van der Waals surface area contributed by atoms with Gasteiger partial charge in [0.2, 0.25) is 0 Å². The van der Waals surface area contributed by atoms with Crippen molar-refractivity contribution < 1.29 is 14.5 Å². The van der Waals surface area contributed by atoms with Crippen molar-refractivity contribution in [3.8, 4) is 5.75 Å². The first-order valence-corrected chi connectivity index (χ1v) is 8.74. The van der Waals surface area contributed by atoms with Crippen LogP contribution in [0.4, 0.5) is 5.69 Å². The molecule has 3 aromatic rings. The molecule has 0 radical (unpaired) electrons. The Morgan fingerprint density at radius 1 is 1.18 bits per heavy atom. The number of amides is 1. The number of halogens is 1. The second-order valence-corrected chi connectivity index (χ2v) is 6.37. The molecule has 8 heteroatoms. The molecule has 3 aromatic carbocycles. The highest BCUT2D eigenvalue weighted by Crippen LogP contribution is 2.22. The summed E-state index contributed by atoms with van der Waals surface area (Å²) in [7, 11) is 0. The van der Waals surface area contributed by atoms with Crippen molar-refractivity contribution >= 4 is 40.2 Å². The Kier molecular flexibility index (Phi) is 5.86. The molecule has 0 aliphatic heterocycles. The summed E-state index contributed by atoms with van der Waals surface area (Å²) in [6, 6.07) is 17.3. The molecule has 0 heterocycles. The summed E-state index contributed by atoms with van der Waals surface area (Å²) in [5.41, 5.74) is 2.54. The molecule has 7 nitrogen and oxygen atoms in total. The van der Waals surface area contributed by atoms with E-state index in [0.29, 0.717) is 11.3 Å². The third-order valence-electron chi connectivity index (χ3n) is 3.97. The summed E-state index contributed by atoms with van der Waals surface area (Å²) >= 11 is 5.98. The van der Waals surface area contributed by atoms with Crippen LogP contribution in [0.1, 0.15) is 12.5 Å². The first kappa shape index (κ1) is 19.3. The number of hydrogen-bond donors (Lipinski definition) is 1. The van der Waals surface area contributed by atoms with Crippen LogP contribution in [0, 0.1) is 10.1 Å². The average molecular weight is 398 g/mol. The second-order valence-electron chi connectivity index (χ2n) is 5.97. The zero-order chi connectivity index (χ0) is 20.1. The topological polar surface area (TPSA) is 93.8 Å². The molecule has 1 amide bonds. The first-order valence-electron chi connectivity index (χ1n) is 8.36. The van der Waals surface area contributed by atoms with Gasteiger partial charge in [0.05, 0.1) is 11.1 Å². The third-order valence-corrected chi connectivity index (χ3v) is 4.32. The van der Waals surface area contributed by atoms with Gasteiger partial charge in [-0.2, -0.15) is 5.10 Å². The smallest absolute Gasteiger partial charge is 0.280 e. The molecular formula is C20H16ClN3O4. The van der Waals surface area contributed by atoms with Crippen LogP contribution < -0.4 is 10.2 Å². The van der Waals surface area contributed by atoms with E-state index in [1.54, 1.807) is 13.0 Å². The number of carbonyl (C=O) groups excluding carboxylic acids is 1. The lowest BCUT2D eigenvalue weighted by Crippen LogP contribution is -2.33. The molecule has 1 atom stereocenters. The maximum absolute atomic E-state index is 12.2. The van der Waals surface area contributed by atoms with Gasteiger partial charge in [0.15, 0.2) is 6.10 Å². The van der Waals surface area contributed by atoms with Gasteiger partial charge < -0.3 is 4.74 Å². The quantitative estimate of drug-likeness (QED) is 0.380. The minimum Gasteiger partial charge on any atom is -0.481 e. The number of hydrazone groups is 1. The molecule has 28 heavy (non-hydrogen) atoms. The Bertz CT molecular complexity index is 1070. The summed E-state index contributed by atoms with van der Waals surface area (Å²) in [6.45, 7) is 1.60. The fourth-order valence-corrected chi connectivity index (χ4v) is 2.66. The Labute approximate surface area is 165 Å². The molecule has 142 valence electrons.